The van der Waals surface area contributed by atoms with Crippen molar-refractivity contribution in [1.29, 1.82) is 0 Å². The Kier molecular flexibility index (Phi) is 5.75. The lowest BCUT2D eigenvalue weighted by atomic mass is 9.92. The number of anilines is 1. The van der Waals surface area contributed by atoms with Crippen molar-refractivity contribution < 1.29 is 9.18 Å². The summed E-state index contributed by atoms with van der Waals surface area (Å²) in [7, 11) is 0. The molecule has 1 amide bonds. The standard InChI is InChI=1S/C18H23FN4OS/c1-12-5-6-14(9-20-12)8-15-4-3-7-23(10-15)11-16-17(19)22-18(25-16)21-13(2)24/h5-6,9,15H,3-4,7-8,10-11H2,1-2H3,(H,21,22,24). The van der Waals surface area contributed by atoms with Crippen LogP contribution in [0.3, 0.4) is 0 Å². The lowest BCUT2D eigenvalue weighted by Crippen LogP contribution is -2.35. The van der Waals surface area contributed by atoms with Crippen molar-refractivity contribution in [3.8, 4) is 0 Å². The zero-order valence-electron chi connectivity index (χ0n) is 14.6. The number of hydrogen-bond acceptors (Lipinski definition) is 5. The summed E-state index contributed by atoms with van der Waals surface area (Å²) < 4.78 is 14.0. The lowest BCUT2D eigenvalue weighted by molar-refractivity contribution is -0.114. The van der Waals surface area contributed by atoms with Gasteiger partial charge in [0.05, 0.1) is 4.88 Å². The van der Waals surface area contributed by atoms with Crippen LogP contribution in [-0.4, -0.2) is 33.9 Å². The van der Waals surface area contributed by atoms with Gasteiger partial charge < -0.3 is 5.32 Å². The molecule has 134 valence electrons. The second kappa shape index (κ2) is 8.01. The number of nitrogens with zero attached hydrogens (tertiary/aromatic N) is 3. The Morgan fingerprint density at radius 3 is 3.04 bits per heavy atom. The molecule has 3 rings (SSSR count). The van der Waals surface area contributed by atoms with Gasteiger partial charge in [0.25, 0.3) is 0 Å². The van der Waals surface area contributed by atoms with E-state index in [4.69, 9.17) is 0 Å². The molecule has 0 bridgehead atoms. The highest BCUT2D eigenvalue weighted by Gasteiger charge is 2.22. The van der Waals surface area contributed by atoms with E-state index in [1.807, 2.05) is 19.2 Å². The number of likely N-dealkylation sites (tertiary alicyclic amines) is 1. The Labute approximate surface area is 151 Å². The first-order valence-electron chi connectivity index (χ1n) is 8.56. The average Bonchev–Trinajstić information content (AvgIpc) is 2.88. The number of pyridine rings is 1. The van der Waals surface area contributed by atoms with E-state index in [1.165, 1.54) is 30.2 Å². The summed E-state index contributed by atoms with van der Waals surface area (Å²) in [5.74, 6) is -0.146. The molecular weight excluding hydrogens is 339 g/mol. The minimum Gasteiger partial charge on any atom is -0.302 e. The molecule has 25 heavy (non-hydrogen) atoms. The van der Waals surface area contributed by atoms with Gasteiger partial charge in [0.15, 0.2) is 5.13 Å². The van der Waals surface area contributed by atoms with Gasteiger partial charge >= 0.3 is 0 Å². The molecule has 3 heterocycles. The summed E-state index contributed by atoms with van der Waals surface area (Å²) >= 11 is 1.22. The molecule has 0 aliphatic carbocycles. The summed E-state index contributed by atoms with van der Waals surface area (Å²) in [6.45, 7) is 5.85. The molecule has 1 unspecified atom stereocenters. The number of aromatic nitrogens is 2. The second-order valence-corrected chi connectivity index (χ2v) is 7.75. The predicted octanol–water partition coefficient (Wildman–Crippen LogP) is 3.40. The van der Waals surface area contributed by atoms with Crippen LogP contribution in [0.4, 0.5) is 9.52 Å². The van der Waals surface area contributed by atoms with Crippen LogP contribution in [0.1, 0.15) is 35.9 Å². The molecule has 1 fully saturated rings. The van der Waals surface area contributed by atoms with Gasteiger partial charge in [-0.25, -0.2) is 0 Å². The summed E-state index contributed by atoms with van der Waals surface area (Å²) in [5, 5.41) is 2.88. The van der Waals surface area contributed by atoms with Gasteiger partial charge in [-0.3, -0.25) is 14.7 Å². The van der Waals surface area contributed by atoms with E-state index < -0.39 is 5.95 Å². The topological polar surface area (TPSA) is 58.1 Å². The van der Waals surface area contributed by atoms with E-state index in [0.29, 0.717) is 22.5 Å². The van der Waals surface area contributed by atoms with Gasteiger partial charge in [-0.1, -0.05) is 17.4 Å². The average molecular weight is 362 g/mol. The summed E-state index contributed by atoms with van der Waals surface area (Å²) in [6, 6.07) is 4.19. The SMILES string of the molecule is CC(=O)Nc1nc(F)c(CN2CCCC(Cc3ccc(C)nc3)C2)s1. The number of piperidine rings is 1. The van der Waals surface area contributed by atoms with Crippen LogP contribution in [0.2, 0.25) is 0 Å². The van der Waals surface area contributed by atoms with Crippen LogP contribution in [0, 0.1) is 18.8 Å². The molecule has 2 aromatic heterocycles. The van der Waals surface area contributed by atoms with Crippen molar-refractivity contribution in [2.75, 3.05) is 18.4 Å². The molecular formula is C18H23FN4OS. The molecule has 1 aliphatic rings. The fraction of sp³-hybridized carbons (Fsp3) is 0.500. The lowest BCUT2D eigenvalue weighted by Gasteiger charge is -2.32. The van der Waals surface area contributed by atoms with E-state index in [-0.39, 0.29) is 5.91 Å². The van der Waals surface area contributed by atoms with Crippen LogP contribution in [0.25, 0.3) is 0 Å². The third-order valence-corrected chi connectivity index (χ3v) is 5.33. The minimum atomic E-state index is -0.474. The fourth-order valence-corrected chi connectivity index (χ4v) is 4.18. The van der Waals surface area contributed by atoms with E-state index in [1.54, 1.807) is 0 Å². The van der Waals surface area contributed by atoms with Crippen LogP contribution < -0.4 is 5.32 Å². The maximum atomic E-state index is 14.0. The monoisotopic (exact) mass is 362 g/mol. The molecule has 5 nitrogen and oxygen atoms in total. The Hall–Kier alpha value is -1.86. The van der Waals surface area contributed by atoms with Crippen molar-refractivity contribution in [3.63, 3.8) is 0 Å². The largest absolute Gasteiger partial charge is 0.302 e. The van der Waals surface area contributed by atoms with Crippen LogP contribution in [-0.2, 0) is 17.8 Å². The molecule has 0 aromatic carbocycles. The van der Waals surface area contributed by atoms with E-state index in [0.717, 1.165) is 31.6 Å². The van der Waals surface area contributed by atoms with Crippen molar-refractivity contribution >= 4 is 22.4 Å². The third-order valence-electron chi connectivity index (χ3n) is 4.40. The number of carbonyl (C=O) groups excluding carboxylic acids is 1. The Morgan fingerprint density at radius 1 is 1.48 bits per heavy atom. The van der Waals surface area contributed by atoms with Crippen LogP contribution in [0.5, 0.6) is 0 Å². The number of carbonyl (C=O) groups is 1. The number of halogens is 1. The minimum absolute atomic E-state index is 0.231. The third kappa shape index (κ3) is 5.06. The second-order valence-electron chi connectivity index (χ2n) is 6.67. The van der Waals surface area contributed by atoms with E-state index >= 15 is 0 Å². The first kappa shape index (κ1) is 17.9. The Bertz CT molecular complexity index is 731. The van der Waals surface area contributed by atoms with Gasteiger partial charge in [-0.2, -0.15) is 9.37 Å². The van der Waals surface area contributed by atoms with Gasteiger partial charge in [-0.05, 0) is 50.3 Å². The number of thiazole rings is 1. The fourth-order valence-electron chi connectivity index (χ4n) is 3.25. The highest BCUT2D eigenvalue weighted by molar-refractivity contribution is 7.15. The summed E-state index contributed by atoms with van der Waals surface area (Å²) in [4.78, 5) is 22.1. The molecule has 7 heteroatoms. The summed E-state index contributed by atoms with van der Waals surface area (Å²) in [5.41, 5.74) is 2.29. The van der Waals surface area contributed by atoms with E-state index in [9.17, 15) is 9.18 Å². The number of rotatable bonds is 5. The van der Waals surface area contributed by atoms with Crippen LogP contribution in [0.15, 0.2) is 18.3 Å². The smallest absolute Gasteiger partial charge is 0.230 e. The molecule has 1 N–H and O–H groups in total. The van der Waals surface area contributed by atoms with Crippen molar-refractivity contribution in [3.05, 3.63) is 40.4 Å². The maximum Gasteiger partial charge on any atom is 0.230 e. The highest BCUT2D eigenvalue weighted by Crippen LogP contribution is 2.27. The van der Waals surface area contributed by atoms with Crippen molar-refractivity contribution in [2.45, 2.75) is 39.7 Å². The first-order valence-corrected chi connectivity index (χ1v) is 9.38. The molecule has 0 spiro atoms. The molecule has 2 aromatic rings. The molecule has 0 radical (unpaired) electrons. The number of nitrogens with one attached hydrogen (secondary N) is 1. The first-order chi connectivity index (χ1) is 12.0. The molecule has 1 atom stereocenters. The zero-order valence-corrected chi connectivity index (χ0v) is 15.4. The molecule has 1 saturated heterocycles. The Morgan fingerprint density at radius 2 is 2.32 bits per heavy atom. The van der Waals surface area contributed by atoms with Crippen LogP contribution >= 0.6 is 11.3 Å². The van der Waals surface area contributed by atoms with Crippen molar-refractivity contribution in [2.24, 2.45) is 5.92 Å². The number of amides is 1. The van der Waals surface area contributed by atoms with Gasteiger partial charge in [0.1, 0.15) is 0 Å². The summed E-state index contributed by atoms with van der Waals surface area (Å²) in [6.07, 6.45) is 5.26. The zero-order chi connectivity index (χ0) is 17.8. The van der Waals surface area contributed by atoms with E-state index in [2.05, 4.69) is 26.3 Å². The Balaban J connectivity index is 1.59. The number of aryl methyl sites for hydroxylation is 1. The van der Waals surface area contributed by atoms with Gasteiger partial charge in [0, 0.05) is 31.9 Å². The predicted molar refractivity (Wildman–Crippen MR) is 97.1 cm³/mol. The highest BCUT2D eigenvalue weighted by atomic mass is 32.1. The molecule has 0 saturated carbocycles. The maximum absolute atomic E-state index is 14.0. The van der Waals surface area contributed by atoms with Gasteiger partial charge in [-0.15, -0.1) is 0 Å². The van der Waals surface area contributed by atoms with Gasteiger partial charge in [0.2, 0.25) is 11.9 Å². The quantitative estimate of drug-likeness (QED) is 0.886. The normalized spacial score (nSPS) is 18.3. The molecule has 1 aliphatic heterocycles. The van der Waals surface area contributed by atoms with Crippen molar-refractivity contribution in [1.82, 2.24) is 14.9 Å². The number of hydrogen-bond donors (Lipinski definition) is 1.